The Labute approximate surface area is 249 Å². The van der Waals surface area contributed by atoms with Crippen LogP contribution in [0.15, 0.2) is 35.5 Å². The van der Waals surface area contributed by atoms with Gasteiger partial charge in [0.05, 0.1) is 17.9 Å². The Bertz CT molecular complexity index is 1500. The average molecular weight is 628 g/mol. The number of nitrogens with zero attached hydrogens (tertiary/aromatic N) is 3. The van der Waals surface area contributed by atoms with Gasteiger partial charge in [0.2, 0.25) is 15.9 Å². The minimum atomic E-state index is -4.64. The number of benzene rings is 1. The summed E-state index contributed by atoms with van der Waals surface area (Å²) in [5, 5.41) is 7.04. The van der Waals surface area contributed by atoms with Crippen LogP contribution in [0.1, 0.15) is 75.3 Å². The van der Waals surface area contributed by atoms with Gasteiger partial charge in [0.15, 0.2) is 0 Å². The number of nitrogens with one attached hydrogen (secondary N) is 2. The Morgan fingerprint density at radius 3 is 2.30 bits per heavy atom. The molecule has 0 radical (unpaired) electrons. The predicted octanol–water partition coefficient (Wildman–Crippen LogP) is 4.87. The van der Waals surface area contributed by atoms with Gasteiger partial charge in [0.25, 0.3) is 0 Å². The summed E-state index contributed by atoms with van der Waals surface area (Å²) in [5.74, 6) is -1.78. The van der Waals surface area contributed by atoms with Gasteiger partial charge in [-0.05, 0) is 24.6 Å². The molecule has 0 bridgehead atoms. The fourth-order valence-corrected chi connectivity index (χ4v) is 5.45. The summed E-state index contributed by atoms with van der Waals surface area (Å²) >= 11 is 0. The van der Waals surface area contributed by atoms with Crippen molar-refractivity contribution in [1.82, 2.24) is 15.0 Å². The van der Waals surface area contributed by atoms with Gasteiger partial charge in [-0.15, -0.1) is 0 Å². The Kier molecular flexibility index (Phi) is 9.13. The zero-order valence-electron chi connectivity index (χ0n) is 24.8. The van der Waals surface area contributed by atoms with Crippen molar-refractivity contribution in [3.8, 4) is 0 Å². The van der Waals surface area contributed by atoms with E-state index in [0.29, 0.717) is 43.5 Å². The highest BCUT2D eigenvalue weighted by Gasteiger charge is 2.45. The zero-order chi connectivity index (χ0) is 31.8. The third-order valence-corrected chi connectivity index (χ3v) is 8.54. The van der Waals surface area contributed by atoms with E-state index in [-0.39, 0.29) is 29.9 Å². The van der Waals surface area contributed by atoms with Crippen molar-refractivity contribution in [2.24, 2.45) is 10.6 Å². The fourth-order valence-electron chi connectivity index (χ4n) is 5.04. The predicted molar refractivity (Wildman–Crippen MR) is 154 cm³/mol. The number of sulfonamides is 1. The van der Waals surface area contributed by atoms with Gasteiger partial charge in [-0.2, -0.15) is 13.2 Å². The first kappa shape index (κ1) is 32.6. The lowest BCUT2D eigenvalue weighted by atomic mass is 9.79. The topological polar surface area (TPSA) is 113 Å². The van der Waals surface area contributed by atoms with Crippen molar-refractivity contribution in [2.45, 2.75) is 77.7 Å². The Balaban J connectivity index is 1.45. The van der Waals surface area contributed by atoms with E-state index >= 15 is 0 Å². The van der Waals surface area contributed by atoms with Crippen LogP contribution in [0.2, 0.25) is 0 Å². The third kappa shape index (κ3) is 8.02. The van der Waals surface area contributed by atoms with Crippen LogP contribution in [0.3, 0.4) is 0 Å². The smallest absolute Gasteiger partial charge is 0.389 e. The first-order valence-electron chi connectivity index (χ1n) is 14.0. The largest absolute Gasteiger partial charge is 0.433 e. The van der Waals surface area contributed by atoms with Gasteiger partial charge >= 0.3 is 6.18 Å². The molecule has 2 aliphatic rings. The number of rotatable bonds is 8. The monoisotopic (exact) mass is 627 g/mol. The van der Waals surface area contributed by atoms with Crippen molar-refractivity contribution in [3.63, 3.8) is 0 Å². The molecule has 1 amide bonds. The zero-order valence-corrected chi connectivity index (χ0v) is 25.6. The summed E-state index contributed by atoms with van der Waals surface area (Å²) in [7, 11) is -3.51. The van der Waals surface area contributed by atoms with Crippen molar-refractivity contribution in [2.75, 3.05) is 24.2 Å². The van der Waals surface area contributed by atoms with Gasteiger partial charge in [-0.25, -0.2) is 22.5 Å². The number of hydrogen-bond acceptors (Lipinski definition) is 7. The molecule has 1 saturated heterocycles. The summed E-state index contributed by atoms with van der Waals surface area (Å²) in [6.45, 7) is 8.23. The second-order valence-electron chi connectivity index (χ2n) is 12.3. The second-order valence-corrected chi connectivity index (χ2v) is 14.1. The van der Waals surface area contributed by atoms with Gasteiger partial charge in [-0.1, -0.05) is 44.1 Å². The lowest BCUT2D eigenvalue weighted by molar-refractivity contribution is -0.141. The van der Waals surface area contributed by atoms with E-state index in [1.54, 1.807) is 11.8 Å². The number of amides is 1. The Morgan fingerprint density at radius 2 is 1.74 bits per heavy atom. The van der Waals surface area contributed by atoms with E-state index < -0.39 is 45.1 Å². The molecule has 0 saturated carbocycles. The van der Waals surface area contributed by atoms with E-state index in [0.717, 1.165) is 24.1 Å². The molecule has 2 aromatic rings. The number of halogens is 4. The maximum Gasteiger partial charge on any atom is 0.433 e. The Hall–Kier alpha value is -3.26. The standard InChI is InChI=1S/C29H37F4N5O4S/c1-18(19-6-7-20(22(30)14-19)17-35-43(5,40)41)26(39)34-16-21-8-9-23(29(31,32)33)36-25(21)38-12-10-28(11-13-38)15-24(37-42-28)27(2,3)4/h6-9,14,18,35H,10-13,15-17H2,1-5H3,(H,34,39). The summed E-state index contributed by atoms with van der Waals surface area (Å²) in [5.41, 5.74) is 0.189. The number of piperidine rings is 1. The third-order valence-electron chi connectivity index (χ3n) is 7.87. The number of hydrogen-bond donors (Lipinski definition) is 2. The van der Waals surface area contributed by atoms with Crippen LogP contribution >= 0.6 is 0 Å². The average Bonchev–Trinajstić information content (AvgIpc) is 3.34. The van der Waals surface area contributed by atoms with Crippen molar-refractivity contribution < 1.29 is 35.6 Å². The highest BCUT2D eigenvalue weighted by molar-refractivity contribution is 7.88. The van der Waals surface area contributed by atoms with Crippen LogP contribution in [0, 0.1) is 11.2 Å². The van der Waals surface area contributed by atoms with E-state index in [1.165, 1.54) is 18.2 Å². The van der Waals surface area contributed by atoms with Gasteiger partial charge in [-0.3, -0.25) is 4.79 Å². The molecule has 1 aromatic carbocycles. The van der Waals surface area contributed by atoms with Crippen LogP contribution in [-0.4, -0.2) is 50.0 Å². The van der Waals surface area contributed by atoms with Crippen molar-refractivity contribution in [3.05, 3.63) is 58.5 Å². The van der Waals surface area contributed by atoms with Gasteiger partial charge < -0.3 is 15.1 Å². The molecule has 14 heteroatoms. The molecule has 1 aromatic heterocycles. The molecule has 2 N–H and O–H groups in total. The first-order valence-corrected chi connectivity index (χ1v) is 15.8. The minimum Gasteiger partial charge on any atom is -0.389 e. The van der Waals surface area contributed by atoms with Crippen LogP contribution in [0.5, 0.6) is 0 Å². The van der Waals surface area contributed by atoms with E-state index in [4.69, 9.17) is 4.84 Å². The van der Waals surface area contributed by atoms with Gasteiger partial charge in [0, 0.05) is 62.0 Å². The first-order chi connectivity index (χ1) is 19.9. The number of carbonyl (C=O) groups excluding carboxylic acids is 1. The van der Waals surface area contributed by atoms with E-state index in [9.17, 15) is 30.8 Å². The number of carbonyl (C=O) groups is 1. The maximum atomic E-state index is 14.6. The Morgan fingerprint density at radius 1 is 1.09 bits per heavy atom. The number of pyridine rings is 1. The molecular formula is C29H37F4N5O4S. The second kappa shape index (κ2) is 12.0. The van der Waals surface area contributed by atoms with E-state index in [1.807, 2.05) is 0 Å². The normalized spacial score (nSPS) is 17.9. The summed E-state index contributed by atoms with van der Waals surface area (Å²) in [6, 6.07) is 6.30. The molecular weight excluding hydrogens is 590 g/mol. The van der Waals surface area contributed by atoms with Crippen LogP contribution in [-0.2, 0) is 38.9 Å². The molecule has 1 unspecified atom stereocenters. The number of oxime groups is 1. The molecule has 43 heavy (non-hydrogen) atoms. The highest BCUT2D eigenvalue weighted by Crippen LogP contribution is 2.40. The lowest BCUT2D eigenvalue weighted by Crippen LogP contribution is -2.46. The summed E-state index contributed by atoms with van der Waals surface area (Å²) in [4.78, 5) is 24.6. The number of alkyl halides is 3. The van der Waals surface area contributed by atoms with Crippen LogP contribution < -0.4 is 14.9 Å². The molecule has 0 aliphatic carbocycles. The number of anilines is 1. The molecule has 1 atom stereocenters. The number of aromatic nitrogens is 1. The molecule has 1 spiro atoms. The molecule has 4 rings (SSSR count). The van der Waals surface area contributed by atoms with Crippen LogP contribution in [0.25, 0.3) is 0 Å². The fraction of sp³-hybridized carbons (Fsp3) is 0.552. The quantitative estimate of drug-likeness (QED) is 0.404. The molecule has 9 nitrogen and oxygen atoms in total. The van der Waals surface area contributed by atoms with Crippen LogP contribution in [0.4, 0.5) is 23.4 Å². The maximum absolute atomic E-state index is 14.6. The molecule has 3 heterocycles. The SMILES string of the molecule is CC(C(=O)NCc1ccc(C(F)(F)F)nc1N1CCC2(CC1)CC(C(C)(C)C)=NO2)c1ccc(CNS(C)(=O)=O)c(F)c1. The lowest BCUT2D eigenvalue weighted by Gasteiger charge is -2.39. The summed E-state index contributed by atoms with van der Waals surface area (Å²) < 4.78 is 80.2. The summed E-state index contributed by atoms with van der Waals surface area (Å²) in [6.07, 6.45) is -1.90. The molecule has 1 fully saturated rings. The van der Waals surface area contributed by atoms with Gasteiger partial charge in [0.1, 0.15) is 22.9 Å². The highest BCUT2D eigenvalue weighted by atomic mass is 32.2. The van der Waals surface area contributed by atoms with Crippen molar-refractivity contribution >= 4 is 27.5 Å². The minimum absolute atomic E-state index is 0.0854. The molecule has 236 valence electrons. The molecule has 2 aliphatic heterocycles. The van der Waals surface area contributed by atoms with E-state index in [2.05, 4.69) is 40.9 Å². The van der Waals surface area contributed by atoms with Crippen molar-refractivity contribution in [1.29, 1.82) is 0 Å².